The van der Waals surface area contributed by atoms with Crippen LogP contribution in [0.25, 0.3) is 0 Å². The smallest absolute Gasteiger partial charge is 0.326 e. The number of primary amides is 1. The molecular formula is C12H14FN3O4. The van der Waals surface area contributed by atoms with E-state index in [1.807, 2.05) is 0 Å². The summed E-state index contributed by atoms with van der Waals surface area (Å²) < 4.78 is 12.7. The number of urea groups is 1. The molecule has 0 bridgehead atoms. The fourth-order valence-corrected chi connectivity index (χ4v) is 1.40. The first-order valence-corrected chi connectivity index (χ1v) is 5.72. The van der Waals surface area contributed by atoms with Gasteiger partial charge in [0.05, 0.1) is 0 Å². The van der Waals surface area contributed by atoms with Crippen LogP contribution < -0.4 is 16.4 Å². The first-order valence-electron chi connectivity index (χ1n) is 5.72. The lowest BCUT2D eigenvalue weighted by atomic mass is 10.1. The highest BCUT2D eigenvalue weighted by atomic mass is 19.1. The molecule has 0 heterocycles. The van der Waals surface area contributed by atoms with Crippen LogP contribution in [0.1, 0.15) is 12.8 Å². The zero-order chi connectivity index (χ0) is 15.1. The molecule has 0 saturated heterocycles. The van der Waals surface area contributed by atoms with Crippen molar-refractivity contribution in [3.05, 3.63) is 30.1 Å². The van der Waals surface area contributed by atoms with Crippen LogP contribution in [-0.2, 0) is 9.59 Å². The number of carbonyl (C=O) groups excluding carboxylic acids is 2. The number of carbonyl (C=O) groups is 3. The van der Waals surface area contributed by atoms with E-state index in [9.17, 15) is 18.8 Å². The van der Waals surface area contributed by atoms with E-state index in [4.69, 9.17) is 10.8 Å². The van der Waals surface area contributed by atoms with Crippen LogP contribution in [0.5, 0.6) is 0 Å². The summed E-state index contributed by atoms with van der Waals surface area (Å²) in [6, 6.07) is 2.95. The van der Waals surface area contributed by atoms with Gasteiger partial charge in [0.25, 0.3) is 0 Å². The van der Waals surface area contributed by atoms with Gasteiger partial charge < -0.3 is 21.5 Å². The molecular weight excluding hydrogens is 269 g/mol. The van der Waals surface area contributed by atoms with E-state index >= 15 is 0 Å². The van der Waals surface area contributed by atoms with E-state index in [0.29, 0.717) is 5.69 Å². The lowest BCUT2D eigenvalue weighted by Gasteiger charge is -2.14. The molecule has 0 unspecified atom stereocenters. The predicted molar refractivity (Wildman–Crippen MR) is 68.4 cm³/mol. The molecule has 108 valence electrons. The number of nitrogens with one attached hydrogen (secondary N) is 2. The second kappa shape index (κ2) is 7.07. The van der Waals surface area contributed by atoms with Crippen molar-refractivity contribution in [2.24, 2.45) is 5.73 Å². The van der Waals surface area contributed by atoms with Crippen molar-refractivity contribution in [2.75, 3.05) is 5.32 Å². The SMILES string of the molecule is NC(=O)CC[C@@H](NC(=O)Nc1ccc(F)cc1)C(=O)O. The minimum absolute atomic E-state index is 0.110. The zero-order valence-corrected chi connectivity index (χ0v) is 10.4. The Morgan fingerprint density at radius 1 is 1.25 bits per heavy atom. The van der Waals surface area contributed by atoms with Gasteiger partial charge >= 0.3 is 12.0 Å². The van der Waals surface area contributed by atoms with Crippen molar-refractivity contribution in [1.82, 2.24) is 5.32 Å². The summed E-state index contributed by atoms with van der Waals surface area (Å²) in [7, 11) is 0. The van der Waals surface area contributed by atoms with Crippen LogP contribution in [0.3, 0.4) is 0 Å². The Labute approximate surface area is 114 Å². The highest BCUT2D eigenvalue weighted by Gasteiger charge is 2.20. The molecule has 7 nitrogen and oxygen atoms in total. The normalized spacial score (nSPS) is 11.4. The number of benzene rings is 1. The van der Waals surface area contributed by atoms with E-state index in [-0.39, 0.29) is 12.8 Å². The summed E-state index contributed by atoms with van der Waals surface area (Å²) in [6.07, 6.45) is -0.269. The molecule has 0 radical (unpaired) electrons. The number of carboxylic acid groups (broad SMARTS) is 1. The van der Waals surface area contributed by atoms with Gasteiger partial charge in [0.2, 0.25) is 5.91 Å². The Bertz CT molecular complexity index is 504. The summed E-state index contributed by atoms with van der Waals surface area (Å²) in [5, 5.41) is 13.4. The zero-order valence-electron chi connectivity index (χ0n) is 10.4. The van der Waals surface area contributed by atoms with Crippen molar-refractivity contribution in [3.63, 3.8) is 0 Å². The van der Waals surface area contributed by atoms with Crippen LogP contribution >= 0.6 is 0 Å². The number of carboxylic acids is 1. The number of anilines is 1. The van der Waals surface area contributed by atoms with Crippen molar-refractivity contribution in [3.8, 4) is 0 Å². The number of rotatable bonds is 6. The van der Waals surface area contributed by atoms with Crippen molar-refractivity contribution >= 4 is 23.6 Å². The maximum Gasteiger partial charge on any atom is 0.326 e. The fraction of sp³-hybridized carbons (Fsp3) is 0.250. The summed E-state index contributed by atoms with van der Waals surface area (Å²) in [6.45, 7) is 0. The Hall–Kier alpha value is -2.64. The number of hydrogen-bond donors (Lipinski definition) is 4. The van der Waals surface area contributed by atoms with E-state index in [2.05, 4.69) is 10.6 Å². The highest BCUT2D eigenvalue weighted by molar-refractivity contribution is 5.92. The third kappa shape index (κ3) is 5.34. The molecule has 0 aliphatic rings. The van der Waals surface area contributed by atoms with E-state index < -0.39 is 29.8 Å². The average molecular weight is 283 g/mol. The third-order valence-corrected chi connectivity index (χ3v) is 2.38. The minimum atomic E-state index is -1.28. The van der Waals surface area contributed by atoms with Gasteiger partial charge in [-0.25, -0.2) is 14.0 Å². The summed E-state index contributed by atoms with van der Waals surface area (Å²) in [4.78, 5) is 33.1. The molecule has 0 aromatic heterocycles. The second-order valence-corrected chi connectivity index (χ2v) is 4.00. The summed E-state index contributed by atoms with van der Waals surface area (Å²) >= 11 is 0. The molecule has 0 spiro atoms. The summed E-state index contributed by atoms with van der Waals surface area (Å²) in [5.74, 6) is -2.39. The molecule has 0 aliphatic heterocycles. The molecule has 5 N–H and O–H groups in total. The maximum absolute atomic E-state index is 12.7. The number of amides is 3. The average Bonchev–Trinajstić information content (AvgIpc) is 2.36. The molecule has 0 aliphatic carbocycles. The number of halogens is 1. The molecule has 0 fully saturated rings. The topological polar surface area (TPSA) is 122 Å². The first-order chi connectivity index (χ1) is 9.38. The van der Waals surface area contributed by atoms with Gasteiger partial charge in [-0.1, -0.05) is 0 Å². The Morgan fingerprint density at radius 2 is 1.85 bits per heavy atom. The van der Waals surface area contributed by atoms with Gasteiger partial charge in [-0.2, -0.15) is 0 Å². The van der Waals surface area contributed by atoms with Gasteiger partial charge in [-0.3, -0.25) is 4.79 Å². The van der Waals surface area contributed by atoms with Crippen molar-refractivity contribution < 1.29 is 23.9 Å². The van der Waals surface area contributed by atoms with E-state index in [0.717, 1.165) is 12.1 Å². The number of hydrogen-bond acceptors (Lipinski definition) is 3. The van der Waals surface area contributed by atoms with Gasteiger partial charge in [0.1, 0.15) is 11.9 Å². The van der Waals surface area contributed by atoms with Gasteiger partial charge in [-0.05, 0) is 30.7 Å². The summed E-state index contributed by atoms with van der Waals surface area (Å²) in [5.41, 5.74) is 5.22. The second-order valence-electron chi connectivity index (χ2n) is 4.00. The molecule has 1 aromatic carbocycles. The van der Waals surface area contributed by atoms with Gasteiger partial charge in [0, 0.05) is 12.1 Å². The first kappa shape index (κ1) is 15.4. The molecule has 1 aromatic rings. The van der Waals surface area contributed by atoms with Crippen LogP contribution in [0, 0.1) is 5.82 Å². The number of nitrogens with two attached hydrogens (primary N) is 1. The molecule has 20 heavy (non-hydrogen) atoms. The lowest BCUT2D eigenvalue weighted by molar-refractivity contribution is -0.139. The predicted octanol–water partition coefficient (Wildman–Crippen LogP) is 0.666. The van der Waals surface area contributed by atoms with Crippen LogP contribution in [0.15, 0.2) is 24.3 Å². The standard InChI is InChI=1S/C12H14FN3O4/c13-7-1-3-8(4-2-7)15-12(20)16-9(11(18)19)5-6-10(14)17/h1-4,9H,5-6H2,(H2,14,17)(H,18,19)(H2,15,16,20)/t9-/m1/s1. The Balaban J connectivity index is 2.55. The Kier molecular flexibility index (Phi) is 5.45. The highest BCUT2D eigenvalue weighted by Crippen LogP contribution is 2.08. The lowest BCUT2D eigenvalue weighted by Crippen LogP contribution is -2.43. The fourth-order valence-electron chi connectivity index (χ4n) is 1.40. The number of aliphatic carboxylic acids is 1. The van der Waals surface area contributed by atoms with Crippen LogP contribution in [-0.4, -0.2) is 29.1 Å². The Morgan fingerprint density at radius 3 is 2.35 bits per heavy atom. The minimum Gasteiger partial charge on any atom is -0.480 e. The van der Waals surface area contributed by atoms with Crippen LogP contribution in [0.4, 0.5) is 14.9 Å². The molecule has 1 atom stereocenters. The van der Waals surface area contributed by atoms with E-state index in [1.54, 1.807) is 0 Å². The van der Waals surface area contributed by atoms with Crippen molar-refractivity contribution in [2.45, 2.75) is 18.9 Å². The van der Waals surface area contributed by atoms with E-state index in [1.165, 1.54) is 12.1 Å². The molecule has 1 rings (SSSR count). The monoisotopic (exact) mass is 283 g/mol. The maximum atomic E-state index is 12.7. The van der Waals surface area contributed by atoms with Gasteiger partial charge in [0.15, 0.2) is 0 Å². The molecule has 3 amide bonds. The third-order valence-electron chi connectivity index (χ3n) is 2.38. The van der Waals surface area contributed by atoms with Crippen molar-refractivity contribution in [1.29, 1.82) is 0 Å². The van der Waals surface area contributed by atoms with Gasteiger partial charge in [-0.15, -0.1) is 0 Å². The van der Waals surface area contributed by atoms with Crippen LogP contribution in [0.2, 0.25) is 0 Å². The molecule has 0 saturated carbocycles. The molecule has 8 heteroatoms. The quantitative estimate of drug-likeness (QED) is 0.612. The largest absolute Gasteiger partial charge is 0.480 e.